The van der Waals surface area contributed by atoms with Gasteiger partial charge in [0.25, 0.3) is 0 Å². The first kappa shape index (κ1) is 16.2. The lowest BCUT2D eigenvalue weighted by Crippen LogP contribution is -2.31. The first-order chi connectivity index (χ1) is 8.81. The number of halogens is 1. The van der Waals surface area contributed by atoms with Gasteiger partial charge in [0, 0.05) is 11.0 Å². The zero-order chi connectivity index (χ0) is 14.5. The van der Waals surface area contributed by atoms with Gasteiger partial charge in [0.2, 0.25) is 0 Å². The maximum atomic E-state index is 11.0. The molecule has 0 atom stereocenters. The van der Waals surface area contributed by atoms with Crippen LogP contribution in [0.1, 0.15) is 25.8 Å². The van der Waals surface area contributed by atoms with Crippen LogP contribution in [0.2, 0.25) is 0 Å². The molecule has 4 heteroatoms. The van der Waals surface area contributed by atoms with Crippen LogP contribution in [-0.4, -0.2) is 36.1 Å². The molecular weight excluding hydrogens is 306 g/mol. The SMILES string of the molecule is CN(CCc1cccc(Br)c1)CCC(C)(C)C(=O)O. The highest BCUT2D eigenvalue weighted by Crippen LogP contribution is 2.20. The Morgan fingerprint density at radius 1 is 1.37 bits per heavy atom. The summed E-state index contributed by atoms with van der Waals surface area (Å²) in [6, 6.07) is 8.28. The third kappa shape index (κ3) is 5.74. The van der Waals surface area contributed by atoms with E-state index in [0.29, 0.717) is 6.42 Å². The Morgan fingerprint density at radius 3 is 2.63 bits per heavy atom. The van der Waals surface area contributed by atoms with Crippen molar-refractivity contribution in [1.29, 1.82) is 0 Å². The number of carboxylic acid groups (broad SMARTS) is 1. The maximum absolute atomic E-state index is 11.0. The molecule has 0 radical (unpaired) electrons. The monoisotopic (exact) mass is 327 g/mol. The minimum atomic E-state index is -0.729. The van der Waals surface area contributed by atoms with Crippen LogP contribution in [0, 0.1) is 5.41 Å². The molecule has 0 fully saturated rings. The fourth-order valence-electron chi connectivity index (χ4n) is 1.70. The molecule has 0 aliphatic rings. The smallest absolute Gasteiger partial charge is 0.309 e. The Morgan fingerprint density at radius 2 is 2.05 bits per heavy atom. The standard InChI is InChI=1S/C15H22BrNO2/c1-15(2,14(18)19)8-10-17(3)9-7-12-5-4-6-13(16)11-12/h4-6,11H,7-10H2,1-3H3,(H,18,19). The highest BCUT2D eigenvalue weighted by molar-refractivity contribution is 9.10. The van der Waals surface area contributed by atoms with Gasteiger partial charge >= 0.3 is 5.97 Å². The van der Waals surface area contributed by atoms with E-state index in [1.165, 1.54) is 5.56 Å². The third-order valence-corrected chi connectivity index (χ3v) is 3.86. The van der Waals surface area contributed by atoms with Crippen LogP contribution >= 0.6 is 15.9 Å². The maximum Gasteiger partial charge on any atom is 0.309 e. The molecule has 0 spiro atoms. The summed E-state index contributed by atoms with van der Waals surface area (Å²) in [5.74, 6) is -0.729. The van der Waals surface area contributed by atoms with Gasteiger partial charge in [0.05, 0.1) is 5.41 Å². The van der Waals surface area contributed by atoms with E-state index < -0.39 is 11.4 Å². The van der Waals surface area contributed by atoms with Gasteiger partial charge in [-0.15, -0.1) is 0 Å². The highest BCUT2D eigenvalue weighted by Gasteiger charge is 2.26. The molecule has 1 aromatic carbocycles. The second-order valence-corrected chi connectivity index (χ2v) is 6.54. The Labute approximate surface area is 123 Å². The molecule has 0 saturated heterocycles. The second-order valence-electron chi connectivity index (χ2n) is 5.62. The molecule has 0 aliphatic carbocycles. The molecule has 0 amide bonds. The quantitative estimate of drug-likeness (QED) is 0.834. The van der Waals surface area contributed by atoms with Gasteiger partial charge in [-0.05, 0) is 58.0 Å². The van der Waals surface area contributed by atoms with E-state index in [1.54, 1.807) is 13.8 Å². The number of carboxylic acids is 1. The van der Waals surface area contributed by atoms with E-state index in [0.717, 1.165) is 24.0 Å². The molecule has 0 unspecified atom stereocenters. The van der Waals surface area contributed by atoms with Crippen molar-refractivity contribution in [2.24, 2.45) is 5.41 Å². The van der Waals surface area contributed by atoms with E-state index in [2.05, 4.69) is 33.0 Å². The van der Waals surface area contributed by atoms with Gasteiger partial charge in [-0.3, -0.25) is 4.79 Å². The number of aliphatic carboxylic acids is 1. The Kier molecular flexibility index (Phi) is 6.01. The van der Waals surface area contributed by atoms with Gasteiger partial charge in [-0.1, -0.05) is 28.1 Å². The van der Waals surface area contributed by atoms with Crippen LogP contribution in [0.4, 0.5) is 0 Å². The van der Waals surface area contributed by atoms with Crippen LogP contribution in [-0.2, 0) is 11.2 Å². The molecule has 19 heavy (non-hydrogen) atoms. The Bertz CT molecular complexity index is 432. The summed E-state index contributed by atoms with van der Waals surface area (Å²) in [5, 5.41) is 9.07. The third-order valence-electron chi connectivity index (χ3n) is 3.37. The number of carbonyl (C=O) groups is 1. The molecule has 106 valence electrons. The zero-order valence-electron chi connectivity index (χ0n) is 11.8. The minimum Gasteiger partial charge on any atom is -0.481 e. The predicted octanol–water partition coefficient (Wildman–Crippen LogP) is 3.42. The van der Waals surface area contributed by atoms with Crippen molar-refractivity contribution in [3.8, 4) is 0 Å². The van der Waals surface area contributed by atoms with Crippen LogP contribution in [0.3, 0.4) is 0 Å². The molecule has 0 heterocycles. The molecule has 3 nitrogen and oxygen atoms in total. The number of benzene rings is 1. The lowest BCUT2D eigenvalue weighted by atomic mass is 9.89. The fraction of sp³-hybridized carbons (Fsp3) is 0.533. The number of hydrogen-bond donors (Lipinski definition) is 1. The minimum absolute atomic E-state index is 0.649. The lowest BCUT2D eigenvalue weighted by molar-refractivity contribution is -0.147. The van der Waals surface area contributed by atoms with Crippen molar-refractivity contribution in [3.05, 3.63) is 34.3 Å². The van der Waals surface area contributed by atoms with Crippen molar-refractivity contribution >= 4 is 21.9 Å². The molecule has 1 rings (SSSR count). The highest BCUT2D eigenvalue weighted by atomic mass is 79.9. The van der Waals surface area contributed by atoms with Crippen LogP contribution in [0.15, 0.2) is 28.7 Å². The largest absolute Gasteiger partial charge is 0.481 e. The summed E-state index contributed by atoms with van der Waals surface area (Å²) in [5.41, 5.74) is 0.642. The average Bonchev–Trinajstić information content (AvgIpc) is 2.34. The number of hydrogen-bond acceptors (Lipinski definition) is 2. The molecule has 1 aromatic rings. The fourth-order valence-corrected chi connectivity index (χ4v) is 2.15. The molecule has 0 saturated carbocycles. The first-order valence-electron chi connectivity index (χ1n) is 6.47. The van der Waals surface area contributed by atoms with E-state index >= 15 is 0 Å². The molecule has 0 aromatic heterocycles. The van der Waals surface area contributed by atoms with Crippen molar-refractivity contribution in [3.63, 3.8) is 0 Å². The number of nitrogens with zero attached hydrogens (tertiary/aromatic N) is 1. The summed E-state index contributed by atoms with van der Waals surface area (Å²) in [6.07, 6.45) is 1.64. The van der Waals surface area contributed by atoms with E-state index in [1.807, 2.05) is 19.2 Å². The average molecular weight is 328 g/mol. The second kappa shape index (κ2) is 7.06. The van der Waals surface area contributed by atoms with Crippen molar-refractivity contribution in [2.45, 2.75) is 26.7 Å². The molecule has 0 bridgehead atoms. The number of rotatable bonds is 7. The van der Waals surface area contributed by atoms with Gasteiger partial charge in [0.15, 0.2) is 0 Å². The van der Waals surface area contributed by atoms with Crippen LogP contribution < -0.4 is 0 Å². The summed E-state index contributed by atoms with van der Waals surface area (Å²) < 4.78 is 1.10. The summed E-state index contributed by atoms with van der Waals surface area (Å²) in [4.78, 5) is 13.2. The first-order valence-corrected chi connectivity index (χ1v) is 7.27. The predicted molar refractivity (Wildman–Crippen MR) is 81.4 cm³/mol. The zero-order valence-corrected chi connectivity index (χ0v) is 13.4. The Hall–Kier alpha value is -0.870. The van der Waals surface area contributed by atoms with E-state index in [4.69, 9.17) is 5.11 Å². The summed E-state index contributed by atoms with van der Waals surface area (Å²) in [7, 11) is 2.04. The van der Waals surface area contributed by atoms with E-state index in [9.17, 15) is 4.79 Å². The van der Waals surface area contributed by atoms with Crippen LogP contribution in [0.25, 0.3) is 0 Å². The Balaban J connectivity index is 2.36. The van der Waals surface area contributed by atoms with Crippen molar-refractivity contribution in [2.75, 3.05) is 20.1 Å². The van der Waals surface area contributed by atoms with Crippen molar-refractivity contribution < 1.29 is 9.90 Å². The van der Waals surface area contributed by atoms with Crippen molar-refractivity contribution in [1.82, 2.24) is 4.90 Å². The summed E-state index contributed by atoms with van der Waals surface area (Å²) >= 11 is 3.46. The molecular formula is C15H22BrNO2. The lowest BCUT2D eigenvalue weighted by Gasteiger charge is -2.23. The van der Waals surface area contributed by atoms with Gasteiger partial charge in [-0.2, -0.15) is 0 Å². The van der Waals surface area contributed by atoms with Gasteiger partial charge in [-0.25, -0.2) is 0 Å². The molecule has 1 N–H and O–H groups in total. The van der Waals surface area contributed by atoms with E-state index in [-0.39, 0.29) is 0 Å². The van der Waals surface area contributed by atoms with Gasteiger partial charge in [0.1, 0.15) is 0 Å². The number of likely N-dealkylation sites (N-methyl/N-ethyl adjacent to an activating group) is 1. The topological polar surface area (TPSA) is 40.5 Å². The summed E-state index contributed by atoms with van der Waals surface area (Å²) in [6.45, 7) is 5.29. The molecule has 0 aliphatic heterocycles. The normalized spacial score (nSPS) is 11.8. The van der Waals surface area contributed by atoms with Crippen LogP contribution in [0.5, 0.6) is 0 Å². The van der Waals surface area contributed by atoms with Gasteiger partial charge < -0.3 is 10.0 Å².